The van der Waals surface area contributed by atoms with Gasteiger partial charge in [-0.05, 0) is 68.1 Å². The van der Waals surface area contributed by atoms with Crippen molar-refractivity contribution in [2.75, 3.05) is 18.5 Å². The van der Waals surface area contributed by atoms with Crippen molar-refractivity contribution in [1.29, 1.82) is 0 Å². The van der Waals surface area contributed by atoms with Crippen LogP contribution in [0.5, 0.6) is 11.5 Å². The molecule has 0 radical (unpaired) electrons. The summed E-state index contributed by atoms with van der Waals surface area (Å²) in [6.07, 6.45) is 0.929. The summed E-state index contributed by atoms with van der Waals surface area (Å²) in [4.78, 5) is 0. The molecule has 3 nitrogen and oxygen atoms in total. The van der Waals surface area contributed by atoms with Crippen LogP contribution in [-0.2, 0) is 6.54 Å². The highest BCUT2D eigenvalue weighted by molar-refractivity contribution is 6.32. The van der Waals surface area contributed by atoms with Crippen molar-refractivity contribution in [2.45, 2.75) is 40.7 Å². The molecule has 130 valence electrons. The Morgan fingerprint density at radius 2 is 1.79 bits per heavy atom. The minimum absolute atomic E-state index is 0.576. The molecule has 0 aliphatic carbocycles. The first kappa shape index (κ1) is 18.5. The maximum Gasteiger partial charge on any atom is 0.179 e. The number of rotatable bonds is 8. The Balaban J connectivity index is 2.16. The molecular formula is C20H26ClNO2. The second kappa shape index (κ2) is 8.84. The summed E-state index contributed by atoms with van der Waals surface area (Å²) in [5.74, 6) is 1.34. The van der Waals surface area contributed by atoms with E-state index in [1.807, 2.05) is 19.1 Å². The van der Waals surface area contributed by atoms with Gasteiger partial charge in [-0.1, -0.05) is 24.6 Å². The number of hydrogen-bond acceptors (Lipinski definition) is 3. The summed E-state index contributed by atoms with van der Waals surface area (Å²) in [5.41, 5.74) is 4.72. The second-order valence-corrected chi connectivity index (χ2v) is 6.25. The van der Waals surface area contributed by atoms with E-state index in [4.69, 9.17) is 21.1 Å². The lowest BCUT2D eigenvalue weighted by molar-refractivity contribution is 0.277. The number of nitrogens with one attached hydrogen (secondary N) is 1. The van der Waals surface area contributed by atoms with Crippen molar-refractivity contribution < 1.29 is 9.47 Å². The van der Waals surface area contributed by atoms with Crippen LogP contribution < -0.4 is 14.8 Å². The average molecular weight is 348 g/mol. The summed E-state index contributed by atoms with van der Waals surface area (Å²) >= 11 is 6.40. The second-order valence-electron chi connectivity index (χ2n) is 5.84. The molecule has 2 aromatic carbocycles. The van der Waals surface area contributed by atoms with Gasteiger partial charge in [-0.3, -0.25) is 0 Å². The van der Waals surface area contributed by atoms with Gasteiger partial charge in [0, 0.05) is 12.2 Å². The highest BCUT2D eigenvalue weighted by atomic mass is 35.5. The summed E-state index contributed by atoms with van der Waals surface area (Å²) in [7, 11) is 0. The first-order valence-electron chi connectivity index (χ1n) is 8.44. The van der Waals surface area contributed by atoms with E-state index in [9.17, 15) is 0 Å². The lowest BCUT2D eigenvalue weighted by Gasteiger charge is -2.15. The van der Waals surface area contributed by atoms with E-state index in [1.165, 1.54) is 11.1 Å². The Kier molecular flexibility index (Phi) is 6.80. The van der Waals surface area contributed by atoms with E-state index < -0.39 is 0 Å². The Labute approximate surface area is 149 Å². The molecule has 0 heterocycles. The molecule has 0 aliphatic heterocycles. The molecular weight excluding hydrogens is 322 g/mol. The van der Waals surface area contributed by atoms with Crippen LogP contribution in [0.3, 0.4) is 0 Å². The molecule has 0 fully saturated rings. The topological polar surface area (TPSA) is 30.5 Å². The number of ether oxygens (including phenoxy) is 2. The number of aryl methyl sites for hydroxylation is 2. The first-order valence-corrected chi connectivity index (χ1v) is 8.82. The highest BCUT2D eigenvalue weighted by Crippen LogP contribution is 2.37. The zero-order chi connectivity index (χ0) is 17.5. The third-order valence-corrected chi connectivity index (χ3v) is 4.10. The third-order valence-electron chi connectivity index (χ3n) is 3.82. The SMILES string of the molecule is CCCOc1c(Cl)cc(CNc2ccc(C)c(C)c2)cc1OCC. The summed E-state index contributed by atoms with van der Waals surface area (Å²) in [6, 6.07) is 10.3. The largest absolute Gasteiger partial charge is 0.490 e. The molecule has 0 bridgehead atoms. The average Bonchev–Trinajstić information content (AvgIpc) is 2.55. The molecule has 0 saturated heterocycles. The molecule has 0 amide bonds. The summed E-state index contributed by atoms with van der Waals surface area (Å²) < 4.78 is 11.4. The lowest BCUT2D eigenvalue weighted by Crippen LogP contribution is -2.04. The lowest BCUT2D eigenvalue weighted by atomic mass is 10.1. The third kappa shape index (κ3) is 4.81. The predicted octanol–water partition coefficient (Wildman–Crippen LogP) is 5.76. The Hall–Kier alpha value is -1.87. The van der Waals surface area contributed by atoms with Gasteiger partial charge < -0.3 is 14.8 Å². The van der Waals surface area contributed by atoms with E-state index in [0.29, 0.717) is 36.3 Å². The molecule has 2 aromatic rings. The van der Waals surface area contributed by atoms with Gasteiger partial charge in [-0.15, -0.1) is 0 Å². The van der Waals surface area contributed by atoms with Crippen LogP contribution in [-0.4, -0.2) is 13.2 Å². The first-order chi connectivity index (χ1) is 11.5. The molecule has 4 heteroatoms. The van der Waals surface area contributed by atoms with Crippen molar-refractivity contribution >= 4 is 17.3 Å². The van der Waals surface area contributed by atoms with Gasteiger partial charge in [0.25, 0.3) is 0 Å². The van der Waals surface area contributed by atoms with Crippen molar-refractivity contribution in [3.8, 4) is 11.5 Å². The molecule has 0 unspecified atom stereocenters. The molecule has 0 spiro atoms. The molecule has 0 saturated carbocycles. The number of anilines is 1. The summed E-state index contributed by atoms with van der Waals surface area (Å²) in [5, 5.41) is 4.02. The fourth-order valence-electron chi connectivity index (χ4n) is 2.39. The van der Waals surface area contributed by atoms with Crippen molar-refractivity contribution in [3.05, 3.63) is 52.0 Å². The molecule has 0 atom stereocenters. The van der Waals surface area contributed by atoms with Gasteiger partial charge in [-0.25, -0.2) is 0 Å². The van der Waals surface area contributed by atoms with E-state index in [-0.39, 0.29) is 0 Å². The Morgan fingerprint density at radius 1 is 1.00 bits per heavy atom. The highest BCUT2D eigenvalue weighted by Gasteiger charge is 2.12. The van der Waals surface area contributed by atoms with Crippen LogP contribution in [0.25, 0.3) is 0 Å². The fraction of sp³-hybridized carbons (Fsp3) is 0.400. The van der Waals surface area contributed by atoms with E-state index in [0.717, 1.165) is 17.7 Å². The monoisotopic (exact) mass is 347 g/mol. The Morgan fingerprint density at radius 3 is 2.46 bits per heavy atom. The van der Waals surface area contributed by atoms with Gasteiger partial charge in [0.2, 0.25) is 0 Å². The molecule has 2 rings (SSSR count). The number of halogens is 1. The van der Waals surface area contributed by atoms with E-state index >= 15 is 0 Å². The van der Waals surface area contributed by atoms with Gasteiger partial charge in [0.05, 0.1) is 18.2 Å². The smallest absolute Gasteiger partial charge is 0.179 e. The van der Waals surface area contributed by atoms with Gasteiger partial charge >= 0.3 is 0 Å². The van der Waals surface area contributed by atoms with Crippen LogP contribution in [0.15, 0.2) is 30.3 Å². The molecule has 24 heavy (non-hydrogen) atoms. The van der Waals surface area contributed by atoms with Gasteiger partial charge in [0.1, 0.15) is 0 Å². The molecule has 0 aromatic heterocycles. The maximum atomic E-state index is 6.40. The zero-order valence-electron chi connectivity index (χ0n) is 14.9. The minimum Gasteiger partial charge on any atom is -0.490 e. The van der Waals surface area contributed by atoms with Crippen molar-refractivity contribution in [2.24, 2.45) is 0 Å². The summed E-state index contributed by atoms with van der Waals surface area (Å²) in [6.45, 7) is 10.1. The minimum atomic E-state index is 0.576. The van der Waals surface area contributed by atoms with Gasteiger partial charge in [-0.2, -0.15) is 0 Å². The molecule has 0 aliphatic rings. The maximum absolute atomic E-state index is 6.40. The van der Waals surface area contributed by atoms with Crippen LogP contribution >= 0.6 is 11.6 Å². The van der Waals surface area contributed by atoms with Crippen molar-refractivity contribution in [3.63, 3.8) is 0 Å². The van der Waals surface area contributed by atoms with Crippen LogP contribution in [0.1, 0.15) is 37.0 Å². The number of benzene rings is 2. The zero-order valence-corrected chi connectivity index (χ0v) is 15.7. The normalized spacial score (nSPS) is 10.5. The molecule has 1 N–H and O–H groups in total. The van der Waals surface area contributed by atoms with Crippen LogP contribution in [0, 0.1) is 13.8 Å². The van der Waals surface area contributed by atoms with E-state index in [1.54, 1.807) is 0 Å². The van der Waals surface area contributed by atoms with Crippen LogP contribution in [0.2, 0.25) is 5.02 Å². The van der Waals surface area contributed by atoms with Crippen molar-refractivity contribution in [1.82, 2.24) is 0 Å². The number of hydrogen-bond donors (Lipinski definition) is 1. The van der Waals surface area contributed by atoms with Gasteiger partial charge in [0.15, 0.2) is 11.5 Å². The Bertz CT molecular complexity index is 686. The fourth-order valence-corrected chi connectivity index (χ4v) is 2.67. The quantitative estimate of drug-likeness (QED) is 0.658. The predicted molar refractivity (Wildman–Crippen MR) is 102 cm³/mol. The van der Waals surface area contributed by atoms with E-state index in [2.05, 4.69) is 44.3 Å². The standard InChI is InChI=1S/C20H26ClNO2/c1-5-9-24-20-18(21)11-16(12-19(20)23-6-2)13-22-17-8-7-14(3)15(4)10-17/h7-8,10-12,22H,5-6,9,13H2,1-4H3. The van der Waals surface area contributed by atoms with Crippen LogP contribution in [0.4, 0.5) is 5.69 Å².